The Morgan fingerprint density at radius 1 is 0.917 bits per heavy atom. The first kappa shape index (κ1) is 15.0. The molecule has 0 aliphatic heterocycles. The van der Waals surface area contributed by atoms with Gasteiger partial charge < -0.3 is 0 Å². The average molecular weight is 234 g/mol. The van der Waals surface area contributed by atoms with Gasteiger partial charge in [-0.1, -0.05) is 0 Å². The monoisotopic (exact) mass is 234 g/mol. The van der Waals surface area contributed by atoms with Gasteiger partial charge in [0.15, 0.2) is 0 Å². The van der Waals surface area contributed by atoms with Crippen molar-refractivity contribution in [3.05, 3.63) is 0 Å². The second-order valence-electron chi connectivity index (χ2n) is 1.18. The molecule has 0 aliphatic carbocycles. The van der Waals surface area contributed by atoms with E-state index in [1.165, 1.54) is 28.4 Å². The number of hydrogen-bond acceptors (Lipinski definition) is 6. The molecule has 0 atom stereocenters. The molecule has 0 fully saturated rings. The maximum Gasteiger partial charge on any atom is 0.696 e. The smallest absolute Gasteiger partial charge is 0.145 e. The fourth-order valence-corrected chi connectivity index (χ4v) is 0.447. The van der Waals surface area contributed by atoms with Gasteiger partial charge >= 0.3 is 15.4 Å². The lowest BCUT2D eigenvalue weighted by atomic mass is 11.8. The van der Waals surface area contributed by atoms with E-state index in [0.29, 0.717) is 0 Å². The minimum atomic E-state index is -1.83. The Kier molecular flexibility index (Phi) is 14.3. The zero-order valence-corrected chi connectivity index (χ0v) is 9.95. The minimum Gasteiger partial charge on any atom is -0.145 e. The SMILES string of the molecule is CO[P+](=O)OC.CO[P+](=S)OC. The van der Waals surface area contributed by atoms with Crippen LogP contribution in [0, 0.1) is 0 Å². The van der Waals surface area contributed by atoms with Gasteiger partial charge in [-0.15, -0.1) is 18.1 Å². The highest BCUT2D eigenvalue weighted by Crippen LogP contribution is 2.19. The van der Waals surface area contributed by atoms with Crippen LogP contribution in [0.2, 0.25) is 0 Å². The summed E-state index contributed by atoms with van der Waals surface area (Å²) in [7, 11) is 2.88. The van der Waals surface area contributed by atoms with Crippen LogP contribution in [0.1, 0.15) is 0 Å². The Bertz CT molecular complexity index is 113. The normalized spacial score (nSPS) is 8.33. The van der Waals surface area contributed by atoms with Crippen molar-refractivity contribution in [3.63, 3.8) is 0 Å². The topological polar surface area (TPSA) is 54.0 Å². The van der Waals surface area contributed by atoms with Crippen molar-refractivity contribution >= 4 is 27.2 Å². The van der Waals surface area contributed by atoms with Crippen molar-refractivity contribution < 1.29 is 22.7 Å². The molecule has 0 aliphatic rings. The molecule has 5 nitrogen and oxygen atoms in total. The van der Waals surface area contributed by atoms with Gasteiger partial charge in [0, 0.05) is 4.57 Å². The summed E-state index contributed by atoms with van der Waals surface area (Å²) in [5.74, 6) is 0. The van der Waals surface area contributed by atoms with Crippen molar-refractivity contribution in [1.82, 2.24) is 0 Å². The van der Waals surface area contributed by atoms with Crippen LogP contribution in [0.25, 0.3) is 0 Å². The second-order valence-corrected chi connectivity index (χ2v) is 4.43. The van der Waals surface area contributed by atoms with Gasteiger partial charge in [0.25, 0.3) is 0 Å². The fourth-order valence-electron chi connectivity index (χ4n) is 0.149. The maximum atomic E-state index is 9.88. The summed E-state index contributed by atoms with van der Waals surface area (Å²) in [6.45, 7) is 0. The van der Waals surface area contributed by atoms with Gasteiger partial charge in [0.1, 0.15) is 0 Å². The molecular formula is C4H12O5P2S+2. The van der Waals surface area contributed by atoms with Crippen LogP contribution in [0.4, 0.5) is 0 Å². The van der Waals surface area contributed by atoms with Crippen LogP contribution < -0.4 is 0 Å². The van der Waals surface area contributed by atoms with Crippen LogP contribution >= 0.6 is 15.4 Å². The summed E-state index contributed by atoms with van der Waals surface area (Å²) >= 11 is 4.56. The van der Waals surface area contributed by atoms with Gasteiger partial charge in [-0.25, -0.2) is 0 Å². The zero-order chi connectivity index (χ0) is 9.98. The molecule has 0 saturated heterocycles. The lowest BCUT2D eigenvalue weighted by molar-refractivity contribution is 0.302. The van der Waals surface area contributed by atoms with Gasteiger partial charge in [-0.05, 0) is 0 Å². The molecular weight excluding hydrogens is 222 g/mol. The lowest BCUT2D eigenvalue weighted by Crippen LogP contribution is -1.66. The lowest BCUT2D eigenvalue weighted by Gasteiger charge is -1.71. The van der Waals surface area contributed by atoms with Crippen molar-refractivity contribution in [2.75, 3.05) is 28.4 Å². The molecule has 0 bridgehead atoms. The molecule has 72 valence electrons. The molecule has 8 heteroatoms. The Morgan fingerprint density at radius 2 is 1.25 bits per heavy atom. The summed E-state index contributed by atoms with van der Waals surface area (Å²) in [5.41, 5.74) is 0. The Labute approximate surface area is 78.9 Å². The predicted octanol–water partition coefficient (Wildman–Crippen LogP) is 1.99. The van der Waals surface area contributed by atoms with E-state index in [0.717, 1.165) is 0 Å². The van der Waals surface area contributed by atoms with Crippen LogP contribution in [0.5, 0.6) is 0 Å². The molecule has 0 radical (unpaired) electrons. The first-order valence-electron chi connectivity index (χ1n) is 2.73. The van der Waals surface area contributed by atoms with Crippen molar-refractivity contribution in [1.29, 1.82) is 0 Å². The van der Waals surface area contributed by atoms with Crippen LogP contribution in [0.3, 0.4) is 0 Å². The number of hydrogen-bond donors (Lipinski definition) is 0. The second kappa shape index (κ2) is 11.5. The Morgan fingerprint density at radius 3 is 1.25 bits per heavy atom. The molecule has 0 amide bonds. The summed E-state index contributed by atoms with van der Waals surface area (Å²) in [4.78, 5) is 0. The van der Waals surface area contributed by atoms with Crippen LogP contribution in [-0.4, -0.2) is 28.4 Å². The van der Waals surface area contributed by atoms with E-state index in [2.05, 4.69) is 29.9 Å². The third kappa shape index (κ3) is 13.1. The van der Waals surface area contributed by atoms with E-state index in [9.17, 15) is 4.57 Å². The molecule has 0 aromatic heterocycles. The molecule has 0 spiro atoms. The van der Waals surface area contributed by atoms with Gasteiger partial charge in [-0.3, -0.25) is 0 Å². The zero-order valence-electron chi connectivity index (χ0n) is 7.34. The first-order valence-corrected chi connectivity index (χ1v) is 6.01. The summed E-state index contributed by atoms with van der Waals surface area (Å²) < 4.78 is 27.4. The minimum absolute atomic E-state index is 0.993. The van der Waals surface area contributed by atoms with E-state index in [1.54, 1.807) is 0 Å². The summed E-state index contributed by atoms with van der Waals surface area (Å²) in [5, 5.41) is 0. The molecule has 12 heavy (non-hydrogen) atoms. The maximum absolute atomic E-state index is 9.88. The molecule has 0 rings (SSSR count). The molecule has 0 aromatic rings. The molecule has 0 aromatic carbocycles. The van der Waals surface area contributed by atoms with E-state index >= 15 is 0 Å². The van der Waals surface area contributed by atoms with E-state index in [-0.39, 0.29) is 0 Å². The first-order chi connectivity index (χ1) is 5.62. The van der Waals surface area contributed by atoms with Crippen molar-refractivity contribution in [2.45, 2.75) is 0 Å². The summed E-state index contributed by atoms with van der Waals surface area (Å²) in [6.07, 6.45) is 0. The van der Waals surface area contributed by atoms with Gasteiger partial charge in [0.2, 0.25) is 11.8 Å². The van der Waals surface area contributed by atoms with Crippen LogP contribution in [0.15, 0.2) is 0 Å². The van der Waals surface area contributed by atoms with Gasteiger partial charge in [0.05, 0.1) is 28.4 Å². The van der Waals surface area contributed by atoms with Crippen LogP contribution in [-0.2, 0) is 34.5 Å². The third-order valence-corrected chi connectivity index (χ3v) is 2.68. The fraction of sp³-hybridized carbons (Fsp3) is 1.00. The highest BCUT2D eigenvalue weighted by molar-refractivity contribution is 8.00. The quantitative estimate of drug-likeness (QED) is 0.693. The molecule has 0 saturated carbocycles. The highest BCUT2D eigenvalue weighted by atomic mass is 32.4. The van der Waals surface area contributed by atoms with E-state index in [4.69, 9.17) is 0 Å². The van der Waals surface area contributed by atoms with Crippen molar-refractivity contribution in [2.24, 2.45) is 0 Å². The van der Waals surface area contributed by atoms with Crippen molar-refractivity contribution in [3.8, 4) is 0 Å². The van der Waals surface area contributed by atoms with E-state index < -0.39 is 15.4 Å². The largest absolute Gasteiger partial charge is 0.696 e. The highest BCUT2D eigenvalue weighted by Gasteiger charge is 2.10. The average Bonchev–Trinajstić information content (AvgIpc) is 2.16. The van der Waals surface area contributed by atoms with Gasteiger partial charge in [-0.2, -0.15) is 0 Å². The predicted molar refractivity (Wildman–Crippen MR) is 49.9 cm³/mol. The molecule has 0 unspecified atom stereocenters. The third-order valence-electron chi connectivity index (χ3n) is 0.596. The molecule has 0 N–H and O–H groups in total. The Balaban J connectivity index is 0. The Hall–Kier alpha value is 0.460. The standard InChI is InChI=1S/C2H6O3P.C2H6O2PS/c1-4-6(3)5-2;1-3-5(6)4-2/h2*1-2H3/q2*+1. The molecule has 0 heterocycles. The summed E-state index contributed by atoms with van der Waals surface area (Å²) in [6, 6.07) is 0. The number of rotatable bonds is 4. The van der Waals surface area contributed by atoms with E-state index in [1.807, 2.05) is 0 Å².